The summed E-state index contributed by atoms with van der Waals surface area (Å²) in [6, 6.07) is 3.93. The molecule has 1 atom stereocenters. The van der Waals surface area contributed by atoms with Crippen LogP contribution in [0.3, 0.4) is 0 Å². The average molecular weight is 356 g/mol. The normalized spacial score (nSPS) is 20.6. The Hall–Kier alpha value is -2.28. The minimum absolute atomic E-state index is 0.0203. The summed E-state index contributed by atoms with van der Waals surface area (Å²) < 4.78 is 0. The van der Waals surface area contributed by atoms with Crippen LogP contribution in [0.2, 0.25) is 0 Å². The molecule has 2 amide bonds. The molecule has 0 bridgehead atoms. The predicted octanol–water partition coefficient (Wildman–Crippen LogP) is 1.66. The molecule has 1 aliphatic carbocycles. The van der Waals surface area contributed by atoms with Crippen LogP contribution < -0.4 is 5.32 Å². The third kappa shape index (κ3) is 3.42. The third-order valence-corrected chi connectivity index (χ3v) is 6.05. The summed E-state index contributed by atoms with van der Waals surface area (Å²) in [5.74, 6) is 0.177. The Kier molecular flexibility index (Phi) is 4.48. The molecule has 1 saturated heterocycles. The second-order valence-corrected chi connectivity index (χ2v) is 7.57. The van der Waals surface area contributed by atoms with Crippen molar-refractivity contribution in [2.24, 2.45) is 5.92 Å². The van der Waals surface area contributed by atoms with Crippen LogP contribution in [-0.4, -0.2) is 46.3 Å². The lowest BCUT2D eigenvalue weighted by Gasteiger charge is -2.27. The molecular weight excluding hydrogens is 336 g/mol. The number of nitrogens with zero attached hydrogens (tertiary/aromatic N) is 3. The van der Waals surface area contributed by atoms with Gasteiger partial charge in [-0.2, -0.15) is 0 Å². The first kappa shape index (κ1) is 16.2. The van der Waals surface area contributed by atoms with Gasteiger partial charge >= 0.3 is 0 Å². The fraction of sp³-hybridized carbons (Fsp3) is 0.444. The van der Waals surface area contributed by atoms with Gasteiger partial charge in [-0.15, -0.1) is 11.3 Å². The van der Waals surface area contributed by atoms with E-state index >= 15 is 0 Å². The molecule has 0 aromatic carbocycles. The summed E-state index contributed by atoms with van der Waals surface area (Å²) >= 11 is 1.72. The van der Waals surface area contributed by atoms with Crippen molar-refractivity contribution in [3.8, 4) is 10.6 Å². The Morgan fingerprint density at radius 1 is 1.24 bits per heavy atom. The van der Waals surface area contributed by atoms with E-state index in [1.165, 1.54) is 4.88 Å². The maximum atomic E-state index is 12.9. The van der Waals surface area contributed by atoms with E-state index in [4.69, 9.17) is 4.98 Å². The molecule has 2 aromatic rings. The number of amides is 2. The standard InChI is InChI=1S/C18H20N4O2S/c23-16-5-9-22(10-8-20-16)18(24)13-1-2-15-14(11-13)21-17(25-15)12-3-6-19-7-4-12/h3-4,6-7,13H,1-2,5,8-11H2,(H,20,23). The summed E-state index contributed by atoms with van der Waals surface area (Å²) in [6.45, 7) is 1.67. The van der Waals surface area contributed by atoms with Crippen molar-refractivity contribution in [2.75, 3.05) is 19.6 Å². The van der Waals surface area contributed by atoms with Crippen LogP contribution in [-0.2, 0) is 22.4 Å². The Balaban J connectivity index is 1.48. The number of carbonyl (C=O) groups excluding carboxylic acids is 2. The second-order valence-electron chi connectivity index (χ2n) is 6.49. The van der Waals surface area contributed by atoms with Gasteiger partial charge < -0.3 is 10.2 Å². The van der Waals surface area contributed by atoms with Crippen molar-refractivity contribution in [3.05, 3.63) is 35.1 Å². The van der Waals surface area contributed by atoms with Gasteiger partial charge in [-0.3, -0.25) is 14.6 Å². The lowest BCUT2D eigenvalue weighted by atomic mass is 9.89. The molecule has 1 fully saturated rings. The van der Waals surface area contributed by atoms with Crippen LogP contribution in [0.5, 0.6) is 0 Å². The zero-order valence-electron chi connectivity index (χ0n) is 13.9. The molecule has 7 heteroatoms. The Morgan fingerprint density at radius 2 is 2.08 bits per heavy atom. The van der Waals surface area contributed by atoms with Crippen LogP contribution in [0.25, 0.3) is 10.6 Å². The maximum Gasteiger partial charge on any atom is 0.226 e. The van der Waals surface area contributed by atoms with Crippen LogP contribution in [0.4, 0.5) is 0 Å². The number of pyridine rings is 1. The van der Waals surface area contributed by atoms with E-state index in [2.05, 4.69) is 10.3 Å². The molecular formula is C18H20N4O2S. The number of hydrogen-bond acceptors (Lipinski definition) is 5. The minimum Gasteiger partial charge on any atom is -0.354 e. The summed E-state index contributed by atoms with van der Waals surface area (Å²) in [7, 11) is 0. The van der Waals surface area contributed by atoms with E-state index in [0.29, 0.717) is 32.5 Å². The van der Waals surface area contributed by atoms with Crippen molar-refractivity contribution < 1.29 is 9.59 Å². The molecule has 2 aliphatic rings. The molecule has 0 saturated carbocycles. The molecule has 4 rings (SSSR count). The summed E-state index contributed by atoms with van der Waals surface area (Å²) in [4.78, 5) is 36.3. The number of nitrogens with one attached hydrogen (secondary N) is 1. The smallest absolute Gasteiger partial charge is 0.226 e. The van der Waals surface area contributed by atoms with Crippen molar-refractivity contribution in [1.82, 2.24) is 20.2 Å². The van der Waals surface area contributed by atoms with Gasteiger partial charge in [0.15, 0.2) is 0 Å². The Morgan fingerprint density at radius 3 is 2.92 bits per heavy atom. The van der Waals surface area contributed by atoms with Gasteiger partial charge in [-0.05, 0) is 25.0 Å². The Bertz CT molecular complexity index is 790. The molecule has 2 aromatic heterocycles. The predicted molar refractivity (Wildman–Crippen MR) is 95.1 cm³/mol. The first-order chi connectivity index (χ1) is 12.2. The largest absolute Gasteiger partial charge is 0.354 e. The topological polar surface area (TPSA) is 75.2 Å². The van der Waals surface area contributed by atoms with Crippen molar-refractivity contribution in [3.63, 3.8) is 0 Å². The van der Waals surface area contributed by atoms with Crippen LogP contribution >= 0.6 is 11.3 Å². The fourth-order valence-electron chi connectivity index (χ4n) is 3.45. The number of rotatable bonds is 2. The number of aryl methyl sites for hydroxylation is 1. The maximum absolute atomic E-state index is 12.9. The van der Waals surface area contributed by atoms with Crippen molar-refractivity contribution >= 4 is 23.2 Å². The zero-order valence-corrected chi connectivity index (χ0v) is 14.7. The van der Waals surface area contributed by atoms with E-state index in [-0.39, 0.29) is 17.7 Å². The third-order valence-electron chi connectivity index (χ3n) is 4.84. The van der Waals surface area contributed by atoms with Gasteiger partial charge in [0.1, 0.15) is 5.01 Å². The minimum atomic E-state index is -0.0203. The fourth-order valence-corrected chi connectivity index (χ4v) is 4.56. The van der Waals surface area contributed by atoms with Gasteiger partial charge in [0.2, 0.25) is 11.8 Å². The SMILES string of the molecule is O=C1CCN(C(=O)C2CCc3sc(-c4ccncc4)nc3C2)CCN1. The lowest BCUT2D eigenvalue weighted by molar-refractivity contribution is -0.135. The van der Waals surface area contributed by atoms with Crippen LogP contribution in [0, 0.1) is 5.92 Å². The molecule has 25 heavy (non-hydrogen) atoms. The van der Waals surface area contributed by atoms with Gasteiger partial charge in [-0.25, -0.2) is 4.98 Å². The molecule has 1 unspecified atom stereocenters. The molecule has 130 valence electrons. The average Bonchev–Trinajstić information content (AvgIpc) is 2.96. The highest BCUT2D eigenvalue weighted by atomic mass is 32.1. The van der Waals surface area contributed by atoms with Crippen LogP contribution in [0.15, 0.2) is 24.5 Å². The van der Waals surface area contributed by atoms with Crippen molar-refractivity contribution in [1.29, 1.82) is 0 Å². The highest BCUT2D eigenvalue weighted by Crippen LogP contribution is 2.34. The van der Waals surface area contributed by atoms with Gasteiger partial charge in [0.25, 0.3) is 0 Å². The number of carbonyl (C=O) groups is 2. The summed E-state index contributed by atoms with van der Waals surface area (Å²) in [5, 5.41) is 3.83. The van der Waals surface area contributed by atoms with E-state index in [9.17, 15) is 9.59 Å². The van der Waals surface area contributed by atoms with Crippen LogP contribution in [0.1, 0.15) is 23.4 Å². The number of thiazole rings is 1. The molecule has 6 nitrogen and oxygen atoms in total. The van der Waals surface area contributed by atoms with Crippen molar-refractivity contribution in [2.45, 2.75) is 25.7 Å². The number of hydrogen-bond donors (Lipinski definition) is 1. The molecule has 0 radical (unpaired) electrons. The summed E-state index contributed by atoms with van der Waals surface area (Å²) in [6.07, 6.45) is 6.41. The molecule has 1 N–H and O–H groups in total. The first-order valence-electron chi connectivity index (χ1n) is 8.65. The molecule has 1 aliphatic heterocycles. The van der Waals surface area contributed by atoms with E-state index in [1.54, 1.807) is 23.7 Å². The number of fused-ring (bicyclic) bond motifs is 1. The second kappa shape index (κ2) is 6.92. The van der Waals surface area contributed by atoms with Gasteiger partial charge in [-0.1, -0.05) is 0 Å². The zero-order chi connectivity index (χ0) is 17.2. The van der Waals surface area contributed by atoms with E-state index in [0.717, 1.165) is 29.1 Å². The van der Waals surface area contributed by atoms with Gasteiger partial charge in [0.05, 0.1) is 5.69 Å². The lowest BCUT2D eigenvalue weighted by Crippen LogP contribution is -2.40. The molecule has 0 spiro atoms. The monoisotopic (exact) mass is 356 g/mol. The summed E-state index contributed by atoms with van der Waals surface area (Å²) in [5.41, 5.74) is 2.14. The molecule has 3 heterocycles. The highest BCUT2D eigenvalue weighted by Gasteiger charge is 2.31. The first-order valence-corrected chi connectivity index (χ1v) is 9.47. The van der Waals surface area contributed by atoms with E-state index in [1.807, 2.05) is 17.0 Å². The quantitative estimate of drug-likeness (QED) is 0.888. The Labute approximate surface area is 150 Å². The van der Waals surface area contributed by atoms with E-state index < -0.39 is 0 Å². The number of aromatic nitrogens is 2. The highest BCUT2D eigenvalue weighted by molar-refractivity contribution is 7.15. The van der Waals surface area contributed by atoms with Gasteiger partial charge in [0, 0.05) is 61.2 Å².